The quantitative estimate of drug-likeness (QED) is 0.228. The minimum Gasteiger partial charge on any atom is -0.491 e. The number of benzene rings is 3. The monoisotopic (exact) mass is 526 g/mol. The van der Waals surface area contributed by atoms with Crippen LogP contribution in [0.5, 0.6) is 11.5 Å². The molecule has 0 bridgehead atoms. The highest BCUT2D eigenvalue weighted by atomic mass is 19.2. The lowest BCUT2D eigenvalue weighted by Crippen LogP contribution is -2.25. The maximum Gasteiger partial charge on any atom is 0.343 e. The molecule has 4 rings (SSSR count). The fraction of sp³-hybridized carbons (Fsp3) is 0.387. The Bertz CT molecular complexity index is 1250. The van der Waals surface area contributed by atoms with Gasteiger partial charge in [-0.05, 0) is 97.9 Å². The van der Waals surface area contributed by atoms with Crippen molar-refractivity contribution < 1.29 is 32.5 Å². The highest BCUT2D eigenvalue weighted by Gasteiger charge is 2.30. The fourth-order valence-corrected chi connectivity index (χ4v) is 5.20. The Hall–Kier alpha value is -3.32. The summed E-state index contributed by atoms with van der Waals surface area (Å²) in [5, 5.41) is 10.3. The fourth-order valence-electron chi connectivity index (χ4n) is 5.20. The van der Waals surface area contributed by atoms with E-state index in [1.807, 2.05) is 6.92 Å². The van der Waals surface area contributed by atoms with E-state index in [9.17, 15) is 23.1 Å². The minimum atomic E-state index is -1.19. The Morgan fingerprint density at radius 3 is 2.18 bits per heavy atom. The van der Waals surface area contributed by atoms with Gasteiger partial charge in [-0.2, -0.15) is 4.39 Å². The van der Waals surface area contributed by atoms with Crippen LogP contribution in [0.25, 0.3) is 11.1 Å². The van der Waals surface area contributed by atoms with Gasteiger partial charge in [0, 0.05) is 0 Å². The average Bonchev–Trinajstić information content (AvgIpc) is 2.93. The first-order chi connectivity index (χ1) is 18.3. The van der Waals surface area contributed by atoms with Gasteiger partial charge in [-0.3, -0.25) is 0 Å². The first kappa shape index (κ1) is 27.7. The molecule has 38 heavy (non-hydrogen) atoms. The number of aliphatic hydroxyl groups excluding tert-OH is 1. The molecule has 3 aromatic carbocycles. The number of halogens is 3. The molecule has 1 aliphatic carbocycles. The van der Waals surface area contributed by atoms with Gasteiger partial charge in [0.2, 0.25) is 5.82 Å². The van der Waals surface area contributed by atoms with Crippen molar-refractivity contribution in [2.24, 2.45) is 5.92 Å². The van der Waals surface area contributed by atoms with Gasteiger partial charge in [0.25, 0.3) is 0 Å². The summed E-state index contributed by atoms with van der Waals surface area (Å²) in [4.78, 5) is 12.6. The molecule has 1 N–H and O–H groups in total. The second-order valence-electron chi connectivity index (χ2n) is 9.79. The molecule has 1 atom stereocenters. The Morgan fingerprint density at radius 1 is 0.895 bits per heavy atom. The van der Waals surface area contributed by atoms with E-state index in [0.717, 1.165) is 25.7 Å². The van der Waals surface area contributed by atoms with Crippen LogP contribution in [0, 0.1) is 23.4 Å². The van der Waals surface area contributed by atoms with Crippen LogP contribution in [-0.2, 0) is 0 Å². The number of aliphatic hydroxyl groups is 1. The maximum absolute atomic E-state index is 15.0. The van der Waals surface area contributed by atoms with E-state index in [2.05, 4.69) is 0 Å². The first-order valence-electron chi connectivity index (χ1n) is 13.2. The third-order valence-electron chi connectivity index (χ3n) is 7.31. The molecular weight excluding hydrogens is 493 g/mol. The molecule has 1 saturated carbocycles. The van der Waals surface area contributed by atoms with Crippen LogP contribution in [0.15, 0.2) is 54.6 Å². The van der Waals surface area contributed by atoms with Gasteiger partial charge in [0.1, 0.15) is 0 Å². The van der Waals surface area contributed by atoms with Crippen LogP contribution in [-0.4, -0.2) is 23.8 Å². The van der Waals surface area contributed by atoms with Crippen molar-refractivity contribution in [2.75, 3.05) is 6.61 Å². The molecule has 0 spiro atoms. The molecule has 4 nitrogen and oxygen atoms in total. The van der Waals surface area contributed by atoms with E-state index < -0.39 is 29.2 Å². The summed E-state index contributed by atoms with van der Waals surface area (Å²) in [6.45, 7) is 4.15. The number of ether oxygens (including phenoxy) is 2. The van der Waals surface area contributed by atoms with Crippen molar-refractivity contribution >= 4 is 5.97 Å². The summed E-state index contributed by atoms with van der Waals surface area (Å²) in [5.41, 5.74) is 1.69. The topological polar surface area (TPSA) is 55.8 Å². The van der Waals surface area contributed by atoms with Gasteiger partial charge in [-0.15, -0.1) is 0 Å². The molecule has 202 valence electrons. The van der Waals surface area contributed by atoms with E-state index in [4.69, 9.17) is 9.47 Å². The highest BCUT2D eigenvalue weighted by molar-refractivity contribution is 5.91. The summed E-state index contributed by atoms with van der Waals surface area (Å²) < 4.78 is 54.4. The number of hydrogen-bond donors (Lipinski definition) is 1. The molecule has 0 heterocycles. The average molecular weight is 527 g/mol. The SMILES string of the molecule is CCCC(O)C1CCC(c2ccc(OC(=O)c3ccc(-c4ccc(OCC)c(F)c4)cc3)c(F)c2F)CC1. The van der Waals surface area contributed by atoms with Crippen molar-refractivity contribution in [3.8, 4) is 22.6 Å². The lowest BCUT2D eigenvalue weighted by Gasteiger charge is -2.32. The summed E-state index contributed by atoms with van der Waals surface area (Å²) in [6.07, 6.45) is 4.19. The second-order valence-corrected chi connectivity index (χ2v) is 9.79. The molecule has 0 radical (unpaired) electrons. The summed E-state index contributed by atoms with van der Waals surface area (Å²) in [7, 11) is 0. The van der Waals surface area contributed by atoms with Crippen molar-refractivity contribution in [2.45, 2.75) is 64.4 Å². The lowest BCUT2D eigenvalue weighted by molar-refractivity contribution is 0.0725. The number of carbonyl (C=O) groups is 1. The van der Waals surface area contributed by atoms with Gasteiger partial charge < -0.3 is 14.6 Å². The Kier molecular flexibility index (Phi) is 9.10. The number of rotatable bonds is 9. The van der Waals surface area contributed by atoms with Crippen LogP contribution in [0.3, 0.4) is 0 Å². The van der Waals surface area contributed by atoms with E-state index in [0.29, 0.717) is 30.6 Å². The molecule has 0 aromatic heterocycles. The van der Waals surface area contributed by atoms with Gasteiger partial charge in [0.05, 0.1) is 18.3 Å². The standard InChI is InChI=1S/C31H33F3O4/c1-3-5-26(35)21-10-8-20(9-11-21)24-15-17-28(30(34)29(24)33)38-31(36)22-12-6-19(7-13-22)23-14-16-27(37-4-2)25(32)18-23/h6-7,12-18,20-21,26,35H,3-5,8-11H2,1-2H3. The predicted molar refractivity (Wildman–Crippen MR) is 140 cm³/mol. The largest absolute Gasteiger partial charge is 0.491 e. The van der Waals surface area contributed by atoms with Crippen molar-refractivity contribution in [1.82, 2.24) is 0 Å². The molecule has 0 aliphatic heterocycles. The van der Waals surface area contributed by atoms with Gasteiger partial charge >= 0.3 is 5.97 Å². The smallest absolute Gasteiger partial charge is 0.343 e. The molecule has 0 amide bonds. The van der Waals surface area contributed by atoms with E-state index in [1.165, 1.54) is 30.3 Å². The first-order valence-corrected chi connectivity index (χ1v) is 13.2. The second kappa shape index (κ2) is 12.5. The Morgan fingerprint density at radius 2 is 1.55 bits per heavy atom. The molecule has 1 aliphatic rings. The molecule has 1 unspecified atom stereocenters. The highest BCUT2D eigenvalue weighted by Crippen LogP contribution is 2.40. The summed E-state index contributed by atoms with van der Waals surface area (Å²) in [5.74, 6) is -3.76. The number of esters is 1. The van der Waals surface area contributed by atoms with Crippen molar-refractivity contribution in [3.05, 3.63) is 83.2 Å². The summed E-state index contributed by atoms with van der Waals surface area (Å²) >= 11 is 0. The number of carbonyl (C=O) groups excluding carboxylic acids is 1. The van der Waals surface area contributed by atoms with Gasteiger partial charge in [-0.1, -0.05) is 37.6 Å². The van der Waals surface area contributed by atoms with E-state index in [-0.39, 0.29) is 34.8 Å². The van der Waals surface area contributed by atoms with Crippen LogP contribution in [0.2, 0.25) is 0 Å². The van der Waals surface area contributed by atoms with E-state index in [1.54, 1.807) is 31.2 Å². The third kappa shape index (κ3) is 6.21. The predicted octanol–water partition coefficient (Wildman–Crippen LogP) is 7.82. The molecule has 3 aromatic rings. The zero-order valence-corrected chi connectivity index (χ0v) is 21.7. The van der Waals surface area contributed by atoms with Crippen LogP contribution < -0.4 is 9.47 Å². The zero-order valence-electron chi connectivity index (χ0n) is 21.7. The Labute approximate surface area is 221 Å². The molecule has 7 heteroatoms. The lowest BCUT2D eigenvalue weighted by atomic mass is 9.76. The summed E-state index contributed by atoms with van der Waals surface area (Å²) in [6, 6.07) is 13.6. The van der Waals surface area contributed by atoms with Crippen molar-refractivity contribution in [1.29, 1.82) is 0 Å². The molecule has 0 saturated heterocycles. The zero-order chi connectivity index (χ0) is 27.2. The third-order valence-corrected chi connectivity index (χ3v) is 7.31. The number of hydrogen-bond acceptors (Lipinski definition) is 4. The van der Waals surface area contributed by atoms with E-state index >= 15 is 0 Å². The molecular formula is C31H33F3O4. The Balaban J connectivity index is 1.41. The van der Waals surface area contributed by atoms with Gasteiger partial charge in [0.15, 0.2) is 23.1 Å². The van der Waals surface area contributed by atoms with Crippen LogP contribution in [0.4, 0.5) is 13.2 Å². The maximum atomic E-state index is 15.0. The van der Waals surface area contributed by atoms with Crippen molar-refractivity contribution in [3.63, 3.8) is 0 Å². The minimum absolute atomic E-state index is 0.140. The molecule has 1 fully saturated rings. The van der Waals surface area contributed by atoms with Crippen LogP contribution >= 0.6 is 0 Å². The normalized spacial score (nSPS) is 18.2. The van der Waals surface area contributed by atoms with Gasteiger partial charge in [-0.25, -0.2) is 13.6 Å². The van der Waals surface area contributed by atoms with Crippen LogP contribution in [0.1, 0.15) is 74.2 Å².